The van der Waals surface area contributed by atoms with Gasteiger partial charge in [-0.2, -0.15) is 0 Å². The fraction of sp³-hybridized carbons (Fsp3) is 0.158. The first kappa shape index (κ1) is 14.2. The SMILES string of the molecule is O=C(c1cccc(-c2nccs2)c1)N1CCc2ccccc2C1. The van der Waals surface area contributed by atoms with Crippen molar-refractivity contribution in [3.63, 3.8) is 0 Å². The Morgan fingerprint density at radius 3 is 2.78 bits per heavy atom. The molecule has 1 amide bonds. The molecule has 1 aromatic heterocycles. The van der Waals surface area contributed by atoms with Crippen LogP contribution in [0.4, 0.5) is 0 Å². The van der Waals surface area contributed by atoms with Crippen LogP contribution in [0.15, 0.2) is 60.1 Å². The Morgan fingerprint density at radius 2 is 1.96 bits per heavy atom. The summed E-state index contributed by atoms with van der Waals surface area (Å²) in [5, 5.41) is 2.90. The van der Waals surface area contributed by atoms with Gasteiger partial charge in [-0.05, 0) is 29.7 Å². The monoisotopic (exact) mass is 320 g/mol. The maximum absolute atomic E-state index is 12.8. The summed E-state index contributed by atoms with van der Waals surface area (Å²) < 4.78 is 0. The third-order valence-electron chi connectivity index (χ3n) is 4.21. The Labute approximate surface area is 139 Å². The van der Waals surface area contributed by atoms with Gasteiger partial charge in [0.15, 0.2) is 0 Å². The van der Waals surface area contributed by atoms with Crippen LogP contribution < -0.4 is 0 Å². The van der Waals surface area contributed by atoms with Gasteiger partial charge < -0.3 is 4.90 Å². The summed E-state index contributed by atoms with van der Waals surface area (Å²) in [7, 11) is 0. The molecule has 4 heteroatoms. The van der Waals surface area contributed by atoms with Gasteiger partial charge in [0.05, 0.1) is 0 Å². The first-order chi connectivity index (χ1) is 11.3. The standard InChI is InChI=1S/C19H16N2OS/c22-19(21-10-8-14-4-1-2-5-17(14)13-21)16-7-3-6-15(12-16)18-20-9-11-23-18/h1-7,9,11-12H,8,10,13H2. The second-order valence-electron chi connectivity index (χ2n) is 5.66. The molecule has 3 aromatic rings. The molecule has 2 heterocycles. The van der Waals surface area contributed by atoms with Crippen molar-refractivity contribution in [2.24, 2.45) is 0 Å². The van der Waals surface area contributed by atoms with E-state index in [0.717, 1.165) is 29.1 Å². The van der Waals surface area contributed by atoms with Crippen molar-refractivity contribution in [1.82, 2.24) is 9.88 Å². The normalized spacial score (nSPS) is 13.7. The molecule has 0 radical (unpaired) electrons. The number of nitrogens with zero attached hydrogens (tertiary/aromatic N) is 2. The second kappa shape index (κ2) is 5.97. The van der Waals surface area contributed by atoms with Crippen LogP contribution >= 0.6 is 11.3 Å². The minimum absolute atomic E-state index is 0.0953. The zero-order valence-corrected chi connectivity index (χ0v) is 13.4. The Hall–Kier alpha value is -2.46. The molecule has 0 saturated carbocycles. The average molecular weight is 320 g/mol. The number of fused-ring (bicyclic) bond motifs is 1. The number of carbonyl (C=O) groups excluding carboxylic acids is 1. The van der Waals surface area contributed by atoms with Gasteiger partial charge in [0.2, 0.25) is 0 Å². The summed E-state index contributed by atoms with van der Waals surface area (Å²) >= 11 is 1.59. The van der Waals surface area contributed by atoms with Gasteiger partial charge in [0, 0.05) is 35.8 Å². The Balaban J connectivity index is 1.59. The molecule has 0 bridgehead atoms. The van der Waals surface area contributed by atoms with Crippen molar-refractivity contribution in [3.05, 3.63) is 76.8 Å². The van der Waals surface area contributed by atoms with E-state index >= 15 is 0 Å². The highest BCUT2D eigenvalue weighted by atomic mass is 32.1. The fourth-order valence-corrected chi connectivity index (χ4v) is 3.64. The highest BCUT2D eigenvalue weighted by Crippen LogP contribution is 2.25. The van der Waals surface area contributed by atoms with Crippen molar-refractivity contribution in [2.75, 3.05) is 6.54 Å². The molecule has 1 aliphatic rings. The van der Waals surface area contributed by atoms with Crippen LogP contribution in [0.1, 0.15) is 21.5 Å². The van der Waals surface area contributed by atoms with Crippen LogP contribution in [0.25, 0.3) is 10.6 Å². The lowest BCUT2D eigenvalue weighted by atomic mass is 9.99. The minimum Gasteiger partial charge on any atom is -0.334 e. The van der Waals surface area contributed by atoms with E-state index < -0.39 is 0 Å². The van der Waals surface area contributed by atoms with Crippen molar-refractivity contribution < 1.29 is 4.79 Å². The molecule has 0 saturated heterocycles. The first-order valence-electron chi connectivity index (χ1n) is 7.67. The van der Waals surface area contributed by atoms with E-state index in [4.69, 9.17) is 0 Å². The second-order valence-corrected chi connectivity index (χ2v) is 6.56. The molecular weight excluding hydrogens is 304 g/mol. The smallest absolute Gasteiger partial charge is 0.254 e. The van der Waals surface area contributed by atoms with Crippen LogP contribution in [-0.4, -0.2) is 22.3 Å². The highest BCUT2D eigenvalue weighted by Gasteiger charge is 2.21. The molecule has 0 unspecified atom stereocenters. The number of rotatable bonds is 2. The van der Waals surface area contributed by atoms with Crippen LogP contribution in [0.2, 0.25) is 0 Å². The first-order valence-corrected chi connectivity index (χ1v) is 8.55. The van der Waals surface area contributed by atoms with E-state index in [0.29, 0.717) is 6.54 Å². The Bertz CT molecular complexity index is 842. The minimum atomic E-state index is 0.0953. The lowest BCUT2D eigenvalue weighted by Gasteiger charge is -2.29. The highest BCUT2D eigenvalue weighted by molar-refractivity contribution is 7.13. The summed E-state index contributed by atoms with van der Waals surface area (Å²) in [4.78, 5) is 19.1. The Morgan fingerprint density at radius 1 is 1.09 bits per heavy atom. The fourth-order valence-electron chi connectivity index (χ4n) is 3.00. The molecule has 2 aromatic carbocycles. The molecule has 23 heavy (non-hydrogen) atoms. The topological polar surface area (TPSA) is 33.2 Å². The van der Waals surface area contributed by atoms with Crippen LogP contribution in [0.5, 0.6) is 0 Å². The van der Waals surface area contributed by atoms with Gasteiger partial charge in [-0.15, -0.1) is 11.3 Å². The number of aromatic nitrogens is 1. The number of hydrogen-bond acceptors (Lipinski definition) is 3. The quantitative estimate of drug-likeness (QED) is 0.715. The van der Waals surface area contributed by atoms with Gasteiger partial charge >= 0.3 is 0 Å². The molecule has 4 rings (SSSR count). The van der Waals surface area contributed by atoms with Gasteiger partial charge in [-0.25, -0.2) is 4.98 Å². The van der Waals surface area contributed by atoms with E-state index in [-0.39, 0.29) is 5.91 Å². The van der Waals surface area contributed by atoms with Crippen molar-refractivity contribution in [2.45, 2.75) is 13.0 Å². The lowest BCUT2D eigenvalue weighted by Crippen LogP contribution is -2.35. The number of amides is 1. The molecule has 0 spiro atoms. The van der Waals surface area contributed by atoms with Crippen molar-refractivity contribution >= 4 is 17.2 Å². The van der Waals surface area contributed by atoms with Crippen LogP contribution in [0.3, 0.4) is 0 Å². The zero-order chi connectivity index (χ0) is 15.6. The van der Waals surface area contributed by atoms with Gasteiger partial charge in [0.25, 0.3) is 5.91 Å². The molecule has 3 nitrogen and oxygen atoms in total. The van der Waals surface area contributed by atoms with E-state index in [1.165, 1.54) is 11.1 Å². The molecule has 0 fully saturated rings. The number of carbonyl (C=O) groups is 1. The van der Waals surface area contributed by atoms with Crippen LogP contribution in [0, 0.1) is 0 Å². The molecule has 114 valence electrons. The zero-order valence-electron chi connectivity index (χ0n) is 12.6. The summed E-state index contributed by atoms with van der Waals surface area (Å²) in [6.45, 7) is 1.47. The van der Waals surface area contributed by atoms with Crippen molar-refractivity contribution in [3.8, 4) is 10.6 Å². The maximum Gasteiger partial charge on any atom is 0.254 e. The van der Waals surface area contributed by atoms with E-state index in [2.05, 4.69) is 23.2 Å². The number of thiazole rings is 1. The molecule has 1 aliphatic heterocycles. The molecule has 0 N–H and O–H groups in total. The van der Waals surface area contributed by atoms with E-state index in [9.17, 15) is 4.79 Å². The van der Waals surface area contributed by atoms with Gasteiger partial charge in [-0.3, -0.25) is 4.79 Å². The molecule has 0 aliphatic carbocycles. The number of benzene rings is 2. The van der Waals surface area contributed by atoms with E-state index in [1.54, 1.807) is 17.5 Å². The Kier molecular flexibility index (Phi) is 3.67. The van der Waals surface area contributed by atoms with Crippen molar-refractivity contribution in [1.29, 1.82) is 0 Å². The summed E-state index contributed by atoms with van der Waals surface area (Å²) in [6.07, 6.45) is 2.71. The molecular formula is C19H16N2OS. The lowest BCUT2D eigenvalue weighted by molar-refractivity contribution is 0.0735. The summed E-state index contributed by atoms with van der Waals surface area (Å²) in [5.41, 5.74) is 4.34. The molecule has 0 atom stereocenters. The number of hydrogen-bond donors (Lipinski definition) is 0. The largest absolute Gasteiger partial charge is 0.334 e. The average Bonchev–Trinajstić information content (AvgIpc) is 3.15. The third kappa shape index (κ3) is 2.78. The maximum atomic E-state index is 12.8. The third-order valence-corrected chi connectivity index (χ3v) is 5.03. The van der Waals surface area contributed by atoms with E-state index in [1.807, 2.05) is 40.6 Å². The van der Waals surface area contributed by atoms with Gasteiger partial charge in [-0.1, -0.05) is 36.4 Å². The predicted molar refractivity (Wildman–Crippen MR) is 92.4 cm³/mol. The van der Waals surface area contributed by atoms with Gasteiger partial charge in [0.1, 0.15) is 5.01 Å². The summed E-state index contributed by atoms with van der Waals surface area (Å²) in [6, 6.07) is 16.1. The predicted octanol–water partition coefficient (Wildman–Crippen LogP) is 4.01. The van der Waals surface area contributed by atoms with Crippen LogP contribution in [-0.2, 0) is 13.0 Å². The summed E-state index contributed by atoms with van der Waals surface area (Å²) in [5.74, 6) is 0.0953.